The summed E-state index contributed by atoms with van der Waals surface area (Å²) in [5.41, 5.74) is 0.961. The van der Waals surface area contributed by atoms with E-state index in [1.54, 1.807) is 6.20 Å². The zero-order valence-corrected chi connectivity index (χ0v) is 15.6. The zero-order chi connectivity index (χ0) is 17.5. The lowest BCUT2D eigenvalue weighted by Gasteiger charge is -2.30. The van der Waals surface area contributed by atoms with E-state index in [4.69, 9.17) is 0 Å². The molecule has 2 aromatic rings. The van der Waals surface area contributed by atoms with Gasteiger partial charge in [0.15, 0.2) is 5.13 Å². The first-order valence-electron chi connectivity index (χ1n) is 8.29. The monoisotopic (exact) mass is 346 g/mol. The molecule has 0 saturated carbocycles. The summed E-state index contributed by atoms with van der Waals surface area (Å²) in [6.45, 7) is 10.2. The molecule has 0 saturated heterocycles. The van der Waals surface area contributed by atoms with E-state index in [-0.39, 0.29) is 5.91 Å². The molecule has 0 spiro atoms. The fraction of sp³-hybridized carbons (Fsp3) is 0.444. The van der Waals surface area contributed by atoms with Crippen molar-refractivity contribution in [2.75, 3.05) is 18.4 Å². The number of rotatable bonds is 8. The van der Waals surface area contributed by atoms with Crippen LogP contribution in [0.25, 0.3) is 0 Å². The molecule has 0 atom stereocenters. The highest BCUT2D eigenvalue weighted by atomic mass is 32.1. The Labute approximate surface area is 148 Å². The molecule has 5 nitrogen and oxygen atoms in total. The lowest BCUT2D eigenvalue weighted by Crippen LogP contribution is -2.42. The SMILES string of the molecule is CC(C)N(CCNC(=O)c1cnc(Nc2ccccc2)s1)C(C)C. The van der Waals surface area contributed by atoms with Gasteiger partial charge in [-0.05, 0) is 39.8 Å². The summed E-state index contributed by atoms with van der Waals surface area (Å²) >= 11 is 1.36. The van der Waals surface area contributed by atoms with Crippen LogP contribution in [0.5, 0.6) is 0 Å². The third kappa shape index (κ3) is 5.32. The number of amides is 1. The van der Waals surface area contributed by atoms with E-state index >= 15 is 0 Å². The molecule has 0 fully saturated rings. The minimum Gasteiger partial charge on any atom is -0.350 e. The van der Waals surface area contributed by atoms with Crippen LogP contribution in [-0.2, 0) is 0 Å². The van der Waals surface area contributed by atoms with E-state index < -0.39 is 0 Å². The normalized spacial score (nSPS) is 11.3. The van der Waals surface area contributed by atoms with E-state index in [0.717, 1.165) is 17.4 Å². The Balaban J connectivity index is 1.85. The summed E-state index contributed by atoms with van der Waals surface area (Å²) in [4.78, 5) is 19.5. The van der Waals surface area contributed by atoms with E-state index in [2.05, 4.69) is 48.2 Å². The standard InChI is InChI=1S/C18H26N4OS/c1-13(2)22(14(3)4)11-10-19-17(23)16-12-20-18(24-16)21-15-8-6-5-7-9-15/h5-9,12-14H,10-11H2,1-4H3,(H,19,23)(H,20,21). The Hall–Kier alpha value is -1.92. The third-order valence-electron chi connectivity index (χ3n) is 3.74. The van der Waals surface area contributed by atoms with Crippen LogP contribution >= 0.6 is 11.3 Å². The molecule has 24 heavy (non-hydrogen) atoms. The number of carbonyl (C=O) groups is 1. The van der Waals surface area contributed by atoms with Crippen molar-refractivity contribution in [3.8, 4) is 0 Å². The number of anilines is 2. The predicted molar refractivity (Wildman–Crippen MR) is 101 cm³/mol. The van der Waals surface area contributed by atoms with E-state index in [1.807, 2.05) is 30.3 Å². The number of nitrogens with one attached hydrogen (secondary N) is 2. The van der Waals surface area contributed by atoms with Gasteiger partial charge in [0.25, 0.3) is 5.91 Å². The van der Waals surface area contributed by atoms with Crippen molar-refractivity contribution in [1.29, 1.82) is 0 Å². The van der Waals surface area contributed by atoms with Crippen LogP contribution < -0.4 is 10.6 Å². The molecule has 2 rings (SSSR count). The Morgan fingerprint density at radius 2 is 1.83 bits per heavy atom. The summed E-state index contributed by atoms with van der Waals surface area (Å²) < 4.78 is 0. The Morgan fingerprint density at radius 3 is 2.46 bits per heavy atom. The molecule has 0 aliphatic carbocycles. The second kappa shape index (κ2) is 8.80. The molecule has 1 heterocycles. The van der Waals surface area contributed by atoms with Crippen LogP contribution in [0.15, 0.2) is 36.5 Å². The number of hydrogen-bond acceptors (Lipinski definition) is 5. The molecule has 0 radical (unpaired) electrons. The van der Waals surface area contributed by atoms with Crippen molar-refractivity contribution < 1.29 is 4.79 Å². The maximum absolute atomic E-state index is 12.2. The zero-order valence-electron chi connectivity index (χ0n) is 14.7. The van der Waals surface area contributed by atoms with Gasteiger partial charge in [-0.2, -0.15) is 0 Å². The number of hydrogen-bond donors (Lipinski definition) is 2. The fourth-order valence-corrected chi connectivity index (χ4v) is 3.33. The topological polar surface area (TPSA) is 57.3 Å². The molecular formula is C18H26N4OS. The summed E-state index contributed by atoms with van der Waals surface area (Å²) in [6, 6.07) is 10.7. The van der Waals surface area contributed by atoms with Gasteiger partial charge < -0.3 is 10.6 Å². The summed E-state index contributed by atoms with van der Waals surface area (Å²) in [5, 5.41) is 6.90. The first-order valence-corrected chi connectivity index (χ1v) is 9.11. The molecule has 0 aliphatic heterocycles. The molecule has 0 aliphatic rings. The maximum atomic E-state index is 12.2. The van der Waals surface area contributed by atoms with E-state index in [9.17, 15) is 4.79 Å². The van der Waals surface area contributed by atoms with Crippen LogP contribution in [0.4, 0.5) is 10.8 Å². The van der Waals surface area contributed by atoms with E-state index in [1.165, 1.54) is 11.3 Å². The largest absolute Gasteiger partial charge is 0.350 e. The van der Waals surface area contributed by atoms with Gasteiger partial charge in [0.1, 0.15) is 4.88 Å². The second-order valence-corrected chi connectivity index (χ2v) is 7.23. The van der Waals surface area contributed by atoms with Gasteiger partial charge in [-0.25, -0.2) is 4.98 Å². The highest BCUT2D eigenvalue weighted by Crippen LogP contribution is 2.22. The number of aromatic nitrogens is 1. The molecule has 6 heteroatoms. The Morgan fingerprint density at radius 1 is 1.17 bits per heavy atom. The van der Waals surface area contributed by atoms with Gasteiger partial charge in [-0.3, -0.25) is 9.69 Å². The van der Waals surface area contributed by atoms with Gasteiger partial charge in [-0.15, -0.1) is 0 Å². The third-order valence-corrected chi connectivity index (χ3v) is 4.65. The van der Waals surface area contributed by atoms with Crippen molar-refractivity contribution in [2.45, 2.75) is 39.8 Å². The van der Waals surface area contributed by atoms with Gasteiger partial charge >= 0.3 is 0 Å². The highest BCUT2D eigenvalue weighted by Gasteiger charge is 2.14. The van der Waals surface area contributed by atoms with Crippen molar-refractivity contribution in [3.05, 3.63) is 41.4 Å². The van der Waals surface area contributed by atoms with E-state index in [0.29, 0.717) is 23.5 Å². The molecule has 1 aromatic heterocycles. The Bertz CT molecular complexity index is 631. The van der Waals surface area contributed by atoms with Crippen molar-refractivity contribution in [1.82, 2.24) is 15.2 Å². The molecular weight excluding hydrogens is 320 g/mol. The number of nitrogens with zero attached hydrogens (tertiary/aromatic N) is 2. The predicted octanol–water partition coefficient (Wildman–Crippen LogP) is 3.74. The average molecular weight is 347 g/mol. The number of carbonyl (C=O) groups excluding carboxylic acids is 1. The number of thiazole rings is 1. The van der Waals surface area contributed by atoms with Crippen molar-refractivity contribution in [3.63, 3.8) is 0 Å². The average Bonchev–Trinajstić information content (AvgIpc) is 3.00. The van der Waals surface area contributed by atoms with Crippen molar-refractivity contribution >= 4 is 28.1 Å². The van der Waals surface area contributed by atoms with Crippen LogP contribution in [-0.4, -0.2) is 41.0 Å². The van der Waals surface area contributed by atoms with Crippen LogP contribution in [0, 0.1) is 0 Å². The molecule has 1 aromatic carbocycles. The van der Waals surface area contributed by atoms with Crippen LogP contribution in [0.3, 0.4) is 0 Å². The van der Waals surface area contributed by atoms with Gasteiger partial charge in [-0.1, -0.05) is 29.5 Å². The summed E-state index contributed by atoms with van der Waals surface area (Å²) in [5.74, 6) is -0.0685. The molecule has 0 unspecified atom stereocenters. The summed E-state index contributed by atoms with van der Waals surface area (Å²) in [6.07, 6.45) is 1.62. The smallest absolute Gasteiger partial charge is 0.263 e. The lowest BCUT2D eigenvalue weighted by atomic mass is 10.2. The highest BCUT2D eigenvalue weighted by molar-refractivity contribution is 7.17. The number of para-hydroxylation sites is 1. The molecule has 1 amide bonds. The Kier molecular flexibility index (Phi) is 6.75. The summed E-state index contributed by atoms with van der Waals surface area (Å²) in [7, 11) is 0. The van der Waals surface area contributed by atoms with Gasteiger partial charge in [0, 0.05) is 30.9 Å². The van der Waals surface area contributed by atoms with Gasteiger partial charge in [0.2, 0.25) is 0 Å². The minimum absolute atomic E-state index is 0.0685. The minimum atomic E-state index is -0.0685. The number of benzene rings is 1. The van der Waals surface area contributed by atoms with Gasteiger partial charge in [0.05, 0.1) is 6.20 Å². The van der Waals surface area contributed by atoms with Crippen LogP contribution in [0.1, 0.15) is 37.4 Å². The first-order chi connectivity index (χ1) is 11.5. The quantitative estimate of drug-likeness (QED) is 0.764. The van der Waals surface area contributed by atoms with Crippen LogP contribution in [0.2, 0.25) is 0 Å². The molecule has 130 valence electrons. The molecule has 0 bridgehead atoms. The lowest BCUT2D eigenvalue weighted by molar-refractivity contribution is 0.0943. The van der Waals surface area contributed by atoms with Crippen molar-refractivity contribution in [2.24, 2.45) is 0 Å². The first kappa shape index (κ1) is 18.4. The molecule has 2 N–H and O–H groups in total. The maximum Gasteiger partial charge on any atom is 0.263 e. The second-order valence-electron chi connectivity index (χ2n) is 6.20. The fourth-order valence-electron chi connectivity index (χ4n) is 2.58.